The van der Waals surface area contributed by atoms with Gasteiger partial charge in [-0.1, -0.05) is 0 Å². The van der Waals surface area contributed by atoms with E-state index in [4.69, 9.17) is 16.3 Å². The number of hydrogen-bond donors (Lipinski definition) is 0. The lowest BCUT2D eigenvalue weighted by Gasteiger charge is -2.10. The molecule has 1 aromatic rings. The summed E-state index contributed by atoms with van der Waals surface area (Å²) < 4.78 is 30.4. The highest BCUT2D eigenvalue weighted by molar-refractivity contribution is 9.10. The number of carbonyl (C=O) groups excluding carboxylic acids is 1. The third kappa shape index (κ3) is 3.35. The summed E-state index contributed by atoms with van der Waals surface area (Å²) in [7, 11) is 0. The highest BCUT2D eigenvalue weighted by Crippen LogP contribution is 2.29. The topological polar surface area (TPSA) is 39.2 Å². The van der Waals surface area contributed by atoms with Crippen LogP contribution in [0.5, 0.6) is 0 Å². The van der Waals surface area contributed by atoms with Gasteiger partial charge in [0.1, 0.15) is 10.3 Å². The highest BCUT2D eigenvalue weighted by atomic mass is 79.9. The van der Waals surface area contributed by atoms with Gasteiger partial charge in [0.2, 0.25) is 0 Å². The molecule has 17 heavy (non-hydrogen) atoms. The van der Waals surface area contributed by atoms with Crippen LogP contribution in [0.15, 0.2) is 10.7 Å². The average molecular weight is 329 g/mol. The van der Waals surface area contributed by atoms with Gasteiger partial charge in [-0.2, -0.15) is 0 Å². The van der Waals surface area contributed by atoms with Crippen molar-refractivity contribution in [3.8, 4) is 0 Å². The van der Waals surface area contributed by atoms with E-state index in [-0.39, 0.29) is 33.9 Å². The molecule has 0 aliphatic heterocycles. The van der Waals surface area contributed by atoms with Crippen LogP contribution in [-0.2, 0) is 10.6 Å². The molecule has 0 aliphatic carbocycles. The zero-order chi connectivity index (χ0) is 13.0. The fourth-order valence-corrected chi connectivity index (χ4v) is 2.20. The van der Waals surface area contributed by atoms with E-state index in [0.29, 0.717) is 0 Å². The Kier molecular flexibility index (Phi) is 5.27. The van der Waals surface area contributed by atoms with Crippen LogP contribution in [0.4, 0.5) is 8.78 Å². The predicted octanol–water partition coefficient (Wildman–Crippen LogP) is 3.70. The van der Waals surface area contributed by atoms with E-state index in [1.54, 1.807) is 6.92 Å². The second-order valence-corrected chi connectivity index (χ2v) is 4.04. The third-order valence-corrected chi connectivity index (χ3v) is 2.88. The number of nitrogens with zero attached hydrogens (tertiary/aromatic N) is 1. The van der Waals surface area contributed by atoms with Gasteiger partial charge in [-0.25, -0.2) is 18.6 Å². The van der Waals surface area contributed by atoms with Gasteiger partial charge in [0.05, 0.1) is 12.5 Å². The van der Waals surface area contributed by atoms with E-state index in [2.05, 4.69) is 20.9 Å². The molecule has 0 aliphatic rings. The molecule has 0 aromatic carbocycles. The van der Waals surface area contributed by atoms with Crippen LogP contribution in [0.3, 0.4) is 0 Å². The Morgan fingerprint density at radius 1 is 1.65 bits per heavy atom. The van der Waals surface area contributed by atoms with Crippen molar-refractivity contribution in [1.82, 2.24) is 4.98 Å². The van der Waals surface area contributed by atoms with Gasteiger partial charge in [0, 0.05) is 11.1 Å². The van der Waals surface area contributed by atoms with Gasteiger partial charge >= 0.3 is 5.97 Å². The molecule has 0 saturated carbocycles. The van der Waals surface area contributed by atoms with Gasteiger partial charge in [-0.3, -0.25) is 0 Å². The number of pyridine rings is 1. The molecule has 0 amide bonds. The SMILES string of the molecule is CCOC(=O)c1cc(C(F)F)c(CCl)c(Br)n1. The molecule has 7 heteroatoms. The molecule has 0 unspecified atom stereocenters. The monoisotopic (exact) mass is 327 g/mol. The molecule has 3 nitrogen and oxygen atoms in total. The number of hydrogen-bond acceptors (Lipinski definition) is 3. The first kappa shape index (κ1) is 14.3. The van der Waals surface area contributed by atoms with E-state index in [1.165, 1.54) is 0 Å². The van der Waals surface area contributed by atoms with Crippen LogP contribution < -0.4 is 0 Å². The van der Waals surface area contributed by atoms with E-state index < -0.39 is 12.4 Å². The molecule has 0 fully saturated rings. The third-order valence-electron chi connectivity index (χ3n) is 1.96. The van der Waals surface area contributed by atoms with Crippen molar-refractivity contribution in [3.63, 3.8) is 0 Å². The van der Waals surface area contributed by atoms with E-state index in [1.807, 2.05) is 0 Å². The first-order chi connectivity index (χ1) is 8.01. The Morgan fingerprint density at radius 2 is 2.29 bits per heavy atom. The standard InChI is InChI=1S/C10H9BrClF2NO2/c1-2-17-10(16)7-3-5(9(13)14)6(4-12)8(11)15-7/h3,9H,2,4H2,1H3. The summed E-state index contributed by atoms with van der Waals surface area (Å²) in [6.07, 6.45) is -2.73. The first-order valence-electron chi connectivity index (χ1n) is 4.71. The molecule has 0 radical (unpaired) electrons. The van der Waals surface area contributed by atoms with Crippen molar-refractivity contribution in [1.29, 1.82) is 0 Å². The molecule has 0 bridgehead atoms. The molecule has 0 atom stereocenters. The summed E-state index contributed by atoms with van der Waals surface area (Å²) in [5.74, 6) is -0.854. The van der Waals surface area contributed by atoms with Crippen LogP contribution in [0.2, 0.25) is 0 Å². The lowest BCUT2D eigenvalue weighted by atomic mass is 10.1. The Labute approximate surface area is 110 Å². The van der Waals surface area contributed by atoms with Crippen molar-refractivity contribution in [2.75, 3.05) is 6.61 Å². The normalized spacial score (nSPS) is 10.7. The Balaban J connectivity index is 3.24. The zero-order valence-corrected chi connectivity index (χ0v) is 11.2. The van der Waals surface area contributed by atoms with E-state index >= 15 is 0 Å². The lowest BCUT2D eigenvalue weighted by molar-refractivity contribution is 0.0518. The maximum atomic E-state index is 12.8. The number of rotatable bonds is 4. The van der Waals surface area contributed by atoms with Crippen LogP contribution in [0.25, 0.3) is 0 Å². The van der Waals surface area contributed by atoms with Crippen molar-refractivity contribution >= 4 is 33.5 Å². The largest absolute Gasteiger partial charge is 0.461 e. The molecule has 0 saturated heterocycles. The molecule has 1 rings (SSSR count). The molecular formula is C10H9BrClF2NO2. The lowest BCUT2D eigenvalue weighted by Crippen LogP contribution is -2.10. The van der Waals surface area contributed by atoms with Gasteiger partial charge < -0.3 is 4.74 Å². The summed E-state index contributed by atoms with van der Waals surface area (Å²) in [5.41, 5.74) is -0.303. The Hall–Kier alpha value is -0.750. The van der Waals surface area contributed by atoms with E-state index in [0.717, 1.165) is 6.07 Å². The average Bonchev–Trinajstić information content (AvgIpc) is 2.28. The summed E-state index contributed by atoms with van der Waals surface area (Å²) in [5, 5.41) is 0. The van der Waals surface area contributed by atoms with Crippen LogP contribution >= 0.6 is 27.5 Å². The van der Waals surface area contributed by atoms with Crippen molar-refractivity contribution in [3.05, 3.63) is 27.5 Å². The molecule has 1 aromatic heterocycles. The molecular weight excluding hydrogens is 319 g/mol. The second-order valence-electron chi connectivity index (χ2n) is 3.02. The fourth-order valence-electron chi connectivity index (χ4n) is 1.20. The summed E-state index contributed by atoms with van der Waals surface area (Å²) in [6, 6.07) is 1.01. The maximum Gasteiger partial charge on any atom is 0.356 e. The first-order valence-corrected chi connectivity index (χ1v) is 6.04. The van der Waals surface area contributed by atoms with Crippen molar-refractivity contribution in [2.45, 2.75) is 19.2 Å². The van der Waals surface area contributed by atoms with Crippen LogP contribution in [0.1, 0.15) is 35.0 Å². The van der Waals surface area contributed by atoms with Gasteiger partial charge in [-0.15, -0.1) is 11.6 Å². The molecule has 1 heterocycles. The minimum Gasteiger partial charge on any atom is -0.461 e. The summed E-state index contributed by atoms with van der Waals surface area (Å²) >= 11 is 8.56. The Bertz CT molecular complexity index is 429. The number of ether oxygens (including phenoxy) is 1. The smallest absolute Gasteiger partial charge is 0.356 e. The van der Waals surface area contributed by atoms with Crippen LogP contribution in [-0.4, -0.2) is 17.6 Å². The molecule has 0 N–H and O–H groups in total. The minimum atomic E-state index is -2.73. The quantitative estimate of drug-likeness (QED) is 0.481. The van der Waals surface area contributed by atoms with Gasteiger partial charge in [0.15, 0.2) is 0 Å². The van der Waals surface area contributed by atoms with Crippen LogP contribution in [0, 0.1) is 0 Å². The number of alkyl halides is 3. The highest BCUT2D eigenvalue weighted by Gasteiger charge is 2.20. The van der Waals surface area contributed by atoms with Gasteiger partial charge in [-0.05, 0) is 28.9 Å². The summed E-state index contributed by atoms with van der Waals surface area (Å²) in [4.78, 5) is 15.2. The second kappa shape index (κ2) is 6.26. The predicted molar refractivity (Wildman–Crippen MR) is 62.4 cm³/mol. The molecule has 94 valence electrons. The maximum absolute atomic E-state index is 12.8. The molecule has 0 spiro atoms. The number of esters is 1. The van der Waals surface area contributed by atoms with Crippen molar-refractivity contribution in [2.24, 2.45) is 0 Å². The number of carbonyl (C=O) groups is 1. The number of aromatic nitrogens is 1. The number of halogens is 4. The fraction of sp³-hybridized carbons (Fsp3) is 0.400. The zero-order valence-electron chi connectivity index (χ0n) is 8.84. The van der Waals surface area contributed by atoms with Gasteiger partial charge in [0.25, 0.3) is 6.43 Å². The summed E-state index contributed by atoms with van der Waals surface area (Å²) in [6.45, 7) is 1.77. The minimum absolute atomic E-state index is 0.115. The van der Waals surface area contributed by atoms with Crippen molar-refractivity contribution < 1.29 is 18.3 Å². The Morgan fingerprint density at radius 3 is 2.76 bits per heavy atom. The van der Waals surface area contributed by atoms with E-state index in [9.17, 15) is 13.6 Å².